The number of thiazole rings is 1. The van der Waals surface area contributed by atoms with Crippen LogP contribution in [0.3, 0.4) is 0 Å². The van der Waals surface area contributed by atoms with Crippen LogP contribution in [0, 0.1) is 0 Å². The number of anilines is 1. The Hall–Kier alpha value is -4.98. The first-order valence-electron chi connectivity index (χ1n) is 13.7. The molecule has 2 N–H and O–H groups in total. The van der Waals surface area contributed by atoms with Crippen molar-refractivity contribution in [3.63, 3.8) is 0 Å². The Morgan fingerprint density at radius 2 is 1.48 bits per heavy atom. The van der Waals surface area contributed by atoms with Gasteiger partial charge in [0.25, 0.3) is 5.95 Å². The van der Waals surface area contributed by atoms with Gasteiger partial charge in [-0.15, -0.1) is 15.3 Å². The van der Waals surface area contributed by atoms with Gasteiger partial charge in [0.05, 0.1) is 46.9 Å². The van der Waals surface area contributed by atoms with Crippen LogP contribution in [-0.4, -0.2) is 55.7 Å². The molecule has 3 aromatic heterocycles. The highest BCUT2D eigenvalue weighted by Crippen LogP contribution is 2.38. The maximum atomic E-state index is 12.4. The molecule has 228 valence electrons. The lowest BCUT2D eigenvalue weighted by Gasteiger charge is -2.15. The number of para-hydroxylation sites is 1. The number of hydrogen-bond acceptors (Lipinski definition) is 12. The Morgan fingerprint density at radius 3 is 2.05 bits per heavy atom. The van der Waals surface area contributed by atoms with E-state index in [1.165, 1.54) is 48.4 Å². The minimum Gasteiger partial charge on any atom is -0.465 e. The molecule has 0 aliphatic heterocycles. The monoisotopic (exact) mass is 615 g/mol. The number of benzene rings is 2. The third kappa shape index (κ3) is 5.80. The zero-order valence-corrected chi connectivity index (χ0v) is 26.6. The number of nitrogens with two attached hydrogens (primary N) is 1. The fourth-order valence-electron chi connectivity index (χ4n) is 4.29. The summed E-state index contributed by atoms with van der Waals surface area (Å²) in [6, 6.07) is 12.2. The first kappa shape index (κ1) is 30.5. The van der Waals surface area contributed by atoms with Crippen molar-refractivity contribution >= 4 is 50.9 Å². The van der Waals surface area contributed by atoms with Crippen LogP contribution in [0.5, 0.6) is 0 Å². The first-order valence-corrected chi connectivity index (χ1v) is 14.5. The zero-order valence-electron chi connectivity index (χ0n) is 25.7. The van der Waals surface area contributed by atoms with Crippen LogP contribution < -0.4 is 5.73 Å². The number of esters is 2. The molecule has 0 unspecified atom stereocenters. The highest BCUT2D eigenvalue weighted by atomic mass is 32.1. The Kier molecular flexibility index (Phi) is 7.80. The van der Waals surface area contributed by atoms with Gasteiger partial charge in [0.2, 0.25) is 5.13 Å². The topological polar surface area (TPSA) is 165 Å². The van der Waals surface area contributed by atoms with E-state index in [1.54, 1.807) is 4.68 Å². The van der Waals surface area contributed by atoms with E-state index < -0.39 is 17.4 Å². The fourth-order valence-corrected chi connectivity index (χ4v) is 5.20. The molecule has 5 rings (SSSR count). The third-order valence-corrected chi connectivity index (χ3v) is 7.59. The molecule has 13 nitrogen and oxygen atoms in total. The molecule has 2 aromatic carbocycles. The van der Waals surface area contributed by atoms with Gasteiger partial charge in [0, 0.05) is 10.8 Å². The molecule has 14 heteroatoms. The second kappa shape index (κ2) is 11.3. The van der Waals surface area contributed by atoms with E-state index in [-0.39, 0.29) is 28.3 Å². The summed E-state index contributed by atoms with van der Waals surface area (Å²) in [4.78, 5) is 34.3. The Balaban J connectivity index is 1.66. The molecule has 0 atom stereocenters. The average Bonchev–Trinajstić information content (AvgIpc) is 3.69. The van der Waals surface area contributed by atoms with Gasteiger partial charge < -0.3 is 15.2 Å². The van der Waals surface area contributed by atoms with E-state index in [0.29, 0.717) is 28.0 Å². The minimum atomic E-state index is -0.637. The van der Waals surface area contributed by atoms with Crippen molar-refractivity contribution in [1.29, 1.82) is 0 Å². The van der Waals surface area contributed by atoms with Crippen LogP contribution in [0.4, 0.5) is 17.5 Å². The third-order valence-electron chi connectivity index (χ3n) is 6.57. The number of methoxy groups -OCH3 is 2. The van der Waals surface area contributed by atoms with E-state index >= 15 is 0 Å². The number of azo groups is 1. The molecule has 44 heavy (non-hydrogen) atoms. The van der Waals surface area contributed by atoms with Crippen LogP contribution >= 0.6 is 11.3 Å². The van der Waals surface area contributed by atoms with Gasteiger partial charge in [-0.05, 0) is 30.3 Å². The molecule has 0 amide bonds. The highest BCUT2D eigenvalue weighted by molar-refractivity contribution is 7.20. The number of carbonyl (C=O) groups excluding carboxylic acids is 2. The first-order chi connectivity index (χ1) is 20.7. The lowest BCUT2D eigenvalue weighted by molar-refractivity contribution is 0.0599. The van der Waals surface area contributed by atoms with Crippen LogP contribution in [0.2, 0.25) is 0 Å². The molecular weight excluding hydrogens is 582 g/mol. The molecule has 0 aliphatic carbocycles. The predicted molar refractivity (Wildman–Crippen MR) is 167 cm³/mol. The SMILES string of the molecule is COC(=O)c1cc(C(=O)OC)cc(-n2nc(C(C)(C)C)c(/N=N/c3nc(C(C)(C)C)nn3-c3nc4ccccc4s3)c2N)c1. The Labute approximate surface area is 257 Å². The number of nitrogens with zero attached hydrogens (tertiary/aromatic N) is 8. The Bertz CT molecular complexity index is 1860. The van der Waals surface area contributed by atoms with Crippen LogP contribution in [-0.2, 0) is 20.3 Å². The summed E-state index contributed by atoms with van der Waals surface area (Å²) in [6.07, 6.45) is 0. The van der Waals surface area contributed by atoms with Crippen LogP contribution in [0.15, 0.2) is 52.7 Å². The summed E-state index contributed by atoms with van der Waals surface area (Å²) >= 11 is 1.46. The number of ether oxygens (including phenoxy) is 2. The van der Waals surface area contributed by atoms with Crippen LogP contribution in [0.25, 0.3) is 21.0 Å². The summed E-state index contributed by atoms with van der Waals surface area (Å²) < 4.78 is 13.8. The summed E-state index contributed by atoms with van der Waals surface area (Å²) in [5.74, 6) is -0.342. The summed E-state index contributed by atoms with van der Waals surface area (Å²) in [5.41, 5.74) is 8.02. The van der Waals surface area contributed by atoms with Gasteiger partial charge in [0.1, 0.15) is 0 Å². The van der Waals surface area contributed by atoms with Crippen molar-refractivity contribution in [3.05, 3.63) is 65.1 Å². The molecule has 0 aliphatic rings. The van der Waals surface area contributed by atoms with E-state index in [0.717, 1.165) is 10.2 Å². The molecule has 0 spiro atoms. The van der Waals surface area contributed by atoms with Crippen molar-refractivity contribution in [2.45, 2.75) is 52.4 Å². The zero-order chi connectivity index (χ0) is 32.0. The second-order valence-corrected chi connectivity index (χ2v) is 13.1. The number of carbonyl (C=O) groups is 2. The van der Waals surface area contributed by atoms with E-state index in [1.807, 2.05) is 65.8 Å². The molecule has 0 bridgehead atoms. The van der Waals surface area contributed by atoms with Gasteiger partial charge in [-0.3, -0.25) is 0 Å². The maximum absolute atomic E-state index is 12.4. The highest BCUT2D eigenvalue weighted by Gasteiger charge is 2.29. The standard InChI is InChI=1S/C30H33N9O4S/c1-29(2,3)22-21(23(31)38(36-22)18-14-16(24(40)42-7)13-17(15-18)25(41)43-8)34-35-27-33-26(30(4,5)6)37-39(27)28-32-19-11-9-10-12-20(19)44-28/h9-15H,31H2,1-8H3/b35-34+. The van der Waals surface area contributed by atoms with Crippen molar-refractivity contribution in [2.24, 2.45) is 10.2 Å². The molecule has 0 saturated heterocycles. The van der Waals surface area contributed by atoms with E-state index in [2.05, 4.69) is 10.2 Å². The summed E-state index contributed by atoms with van der Waals surface area (Å²) in [7, 11) is 2.51. The molecule has 0 radical (unpaired) electrons. The normalized spacial score (nSPS) is 12.3. The van der Waals surface area contributed by atoms with Gasteiger partial charge in [-0.1, -0.05) is 65.0 Å². The second-order valence-electron chi connectivity index (χ2n) is 12.1. The predicted octanol–water partition coefficient (Wildman–Crippen LogP) is 6.23. The Morgan fingerprint density at radius 1 is 0.841 bits per heavy atom. The van der Waals surface area contributed by atoms with Crippen molar-refractivity contribution in [3.8, 4) is 10.8 Å². The molecular formula is C30H33N9O4S. The number of nitrogen functional groups attached to an aromatic ring is 1. The fraction of sp³-hybridized carbons (Fsp3) is 0.333. The lowest BCUT2D eigenvalue weighted by atomic mass is 9.91. The van der Waals surface area contributed by atoms with E-state index in [4.69, 9.17) is 35.4 Å². The number of rotatable bonds is 6. The molecule has 3 heterocycles. The molecule has 0 saturated carbocycles. The smallest absolute Gasteiger partial charge is 0.337 e. The van der Waals surface area contributed by atoms with Crippen LogP contribution in [0.1, 0.15) is 73.8 Å². The minimum absolute atomic E-state index is 0.124. The number of hydrogen-bond donors (Lipinski definition) is 1. The van der Waals surface area contributed by atoms with Gasteiger partial charge in [-0.25, -0.2) is 19.3 Å². The molecule has 0 fully saturated rings. The largest absolute Gasteiger partial charge is 0.465 e. The van der Waals surface area contributed by atoms with Gasteiger partial charge in [0.15, 0.2) is 17.3 Å². The number of aromatic nitrogens is 6. The summed E-state index contributed by atoms with van der Waals surface area (Å²) in [6.45, 7) is 11.9. The summed E-state index contributed by atoms with van der Waals surface area (Å²) in [5, 5.41) is 19.2. The van der Waals surface area contributed by atoms with E-state index in [9.17, 15) is 9.59 Å². The lowest BCUT2D eigenvalue weighted by Crippen LogP contribution is -2.14. The van der Waals surface area contributed by atoms with Crippen molar-refractivity contribution in [2.75, 3.05) is 20.0 Å². The molecule has 5 aromatic rings. The maximum Gasteiger partial charge on any atom is 0.337 e. The average molecular weight is 616 g/mol. The van der Waals surface area contributed by atoms with Gasteiger partial charge in [-0.2, -0.15) is 14.8 Å². The van der Waals surface area contributed by atoms with Crippen molar-refractivity contribution < 1.29 is 19.1 Å². The van der Waals surface area contributed by atoms with Gasteiger partial charge >= 0.3 is 11.9 Å². The number of fused-ring (bicyclic) bond motifs is 1. The quantitative estimate of drug-likeness (QED) is 0.172. The van der Waals surface area contributed by atoms with Crippen molar-refractivity contribution in [1.82, 2.24) is 29.5 Å².